The molecule has 4 rings (SSSR count). The van der Waals surface area contributed by atoms with Gasteiger partial charge in [-0.3, -0.25) is 4.79 Å². The number of nitrogens with one attached hydrogen (secondary N) is 1. The number of fused-ring (bicyclic) bond motifs is 3. The van der Waals surface area contributed by atoms with Gasteiger partial charge in [-0.05, 0) is 89.3 Å². The molecular weight excluding hydrogens is 373 g/mol. The highest BCUT2D eigenvalue weighted by Crippen LogP contribution is 2.57. The van der Waals surface area contributed by atoms with E-state index in [1.807, 2.05) is 0 Å². The zero-order chi connectivity index (χ0) is 21.5. The Kier molecular flexibility index (Phi) is 5.50. The van der Waals surface area contributed by atoms with Crippen molar-refractivity contribution in [1.82, 2.24) is 5.32 Å². The molecule has 0 bridgehead atoms. The fourth-order valence-corrected chi connectivity index (χ4v) is 6.20. The van der Waals surface area contributed by atoms with E-state index in [2.05, 4.69) is 51.2 Å². The van der Waals surface area contributed by atoms with E-state index in [1.165, 1.54) is 48.1 Å². The van der Waals surface area contributed by atoms with Crippen LogP contribution in [0.1, 0.15) is 86.3 Å². The molecule has 2 nitrogen and oxygen atoms in total. The average molecular weight is 408 g/mol. The quantitative estimate of drug-likeness (QED) is 0.625. The molecule has 30 heavy (non-hydrogen) atoms. The van der Waals surface area contributed by atoms with Crippen LogP contribution in [0.25, 0.3) is 0 Å². The molecule has 3 atom stereocenters. The second kappa shape index (κ2) is 7.83. The van der Waals surface area contributed by atoms with Gasteiger partial charge in [-0.2, -0.15) is 0 Å². The average Bonchev–Trinajstić information content (AvgIpc) is 2.72. The van der Waals surface area contributed by atoms with E-state index in [0.717, 1.165) is 12.8 Å². The summed E-state index contributed by atoms with van der Waals surface area (Å²) in [6.45, 7) is 9.99. The van der Waals surface area contributed by atoms with Crippen molar-refractivity contribution >= 4 is 5.91 Å². The second-order valence-electron chi connectivity index (χ2n) is 10.3. The lowest BCUT2D eigenvalue weighted by Crippen LogP contribution is -2.53. The SMILES string of the molecule is CC(C)c1ccc2c(c1)CC[C@H]1[C@](C)(CNC(=O)c3ccc(F)cc3)CCC[C@]21C. The van der Waals surface area contributed by atoms with Crippen molar-refractivity contribution in [3.05, 3.63) is 70.5 Å². The smallest absolute Gasteiger partial charge is 0.251 e. The van der Waals surface area contributed by atoms with Crippen molar-refractivity contribution in [3.63, 3.8) is 0 Å². The molecule has 0 unspecified atom stereocenters. The lowest BCUT2D eigenvalue weighted by atomic mass is 9.49. The topological polar surface area (TPSA) is 29.1 Å². The van der Waals surface area contributed by atoms with Crippen molar-refractivity contribution in [1.29, 1.82) is 0 Å². The van der Waals surface area contributed by atoms with Gasteiger partial charge in [-0.1, -0.05) is 52.3 Å². The first kappa shape index (κ1) is 21.1. The first-order chi connectivity index (χ1) is 14.2. The van der Waals surface area contributed by atoms with Crippen molar-refractivity contribution in [2.75, 3.05) is 6.54 Å². The summed E-state index contributed by atoms with van der Waals surface area (Å²) in [6, 6.07) is 12.9. The summed E-state index contributed by atoms with van der Waals surface area (Å²) in [7, 11) is 0. The number of carbonyl (C=O) groups is 1. The molecule has 0 radical (unpaired) electrons. The van der Waals surface area contributed by atoms with Crippen LogP contribution in [0, 0.1) is 17.2 Å². The summed E-state index contributed by atoms with van der Waals surface area (Å²) in [4.78, 5) is 12.6. The van der Waals surface area contributed by atoms with E-state index in [-0.39, 0.29) is 22.6 Å². The molecule has 2 aromatic carbocycles. The molecular formula is C27H34FNO. The largest absolute Gasteiger partial charge is 0.351 e. The maximum absolute atomic E-state index is 13.2. The van der Waals surface area contributed by atoms with Crippen molar-refractivity contribution < 1.29 is 9.18 Å². The van der Waals surface area contributed by atoms with Gasteiger partial charge in [0.2, 0.25) is 0 Å². The Hall–Kier alpha value is -2.16. The van der Waals surface area contributed by atoms with Gasteiger partial charge in [0.05, 0.1) is 0 Å². The van der Waals surface area contributed by atoms with E-state index >= 15 is 0 Å². The maximum atomic E-state index is 13.2. The van der Waals surface area contributed by atoms with Gasteiger partial charge in [-0.25, -0.2) is 4.39 Å². The monoisotopic (exact) mass is 407 g/mol. The summed E-state index contributed by atoms with van der Waals surface area (Å²) >= 11 is 0. The minimum Gasteiger partial charge on any atom is -0.351 e. The van der Waals surface area contributed by atoms with Crippen LogP contribution < -0.4 is 5.32 Å². The van der Waals surface area contributed by atoms with Crippen LogP contribution in [0.3, 0.4) is 0 Å². The minimum atomic E-state index is -0.317. The number of halogens is 1. The van der Waals surface area contributed by atoms with Crippen LogP contribution in [0.5, 0.6) is 0 Å². The number of aryl methyl sites for hydroxylation is 1. The van der Waals surface area contributed by atoms with E-state index in [0.29, 0.717) is 23.9 Å². The lowest BCUT2D eigenvalue weighted by molar-refractivity contribution is 0.0254. The van der Waals surface area contributed by atoms with Gasteiger partial charge in [0.15, 0.2) is 0 Å². The highest BCUT2D eigenvalue weighted by atomic mass is 19.1. The molecule has 1 amide bonds. The molecule has 0 heterocycles. The first-order valence-corrected chi connectivity index (χ1v) is 11.4. The zero-order valence-corrected chi connectivity index (χ0v) is 18.7. The Bertz CT molecular complexity index is 934. The number of amides is 1. The van der Waals surface area contributed by atoms with Gasteiger partial charge in [0, 0.05) is 12.1 Å². The molecule has 2 aliphatic rings. The van der Waals surface area contributed by atoms with E-state index < -0.39 is 0 Å². The Morgan fingerprint density at radius 1 is 1.13 bits per heavy atom. The molecule has 1 N–H and O–H groups in total. The van der Waals surface area contributed by atoms with E-state index in [9.17, 15) is 9.18 Å². The molecule has 0 saturated heterocycles. The van der Waals surface area contributed by atoms with Crippen molar-refractivity contribution in [2.24, 2.45) is 11.3 Å². The summed E-state index contributed by atoms with van der Waals surface area (Å²) in [5, 5.41) is 3.17. The van der Waals surface area contributed by atoms with Crippen LogP contribution >= 0.6 is 0 Å². The molecule has 0 spiro atoms. The Morgan fingerprint density at radius 2 is 1.87 bits per heavy atom. The van der Waals surface area contributed by atoms with Gasteiger partial charge < -0.3 is 5.32 Å². The Balaban J connectivity index is 1.55. The summed E-state index contributed by atoms with van der Waals surface area (Å²) in [6.07, 6.45) is 5.83. The van der Waals surface area contributed by atoms with E-state index in [4.69, 9.17) is 0 Å². The molecule has 3 heteroatoms. The van der Waals surface area contributed by atoms with Crippen LogP contribution in [-0.2, 0) is 11.8 Å². The number of rotatable bonds is 4. The number of benzene rings is 2. The summed E-state index contributed by atoms with van der Waals surface area (Å²) < 4.78 is 13.2. The highest BCUT2D eigenvalue weighted by Gasteiger charge is 2.51. The molecule has 0 aromatic heterocycles. The zero-order valence-electron chi connectivity index (χ0n) is 18.7. The normalized spacial score (nSPS) is 28.0. The summed E-state index contributed by atoms with van der Waals surface area (Å²) in [5.41, 5.74) is 5.24. The molecule has 0 aliphatic heterocycles. The standard InChI is InChI=1S/C27H34FNO/c1-18(2)20-8-12-23-21(16-20)9-13-24-26(3,14-5-15-27(23,24)4)17-29-25(30)19-6-10-22(28)11-7-19/h6-8,10-12,16,18,24H,5,9,13-15,17H2,1-4H3,(H,29,30)/t24-,26-,27+/m0/s1. The Morgan fingerprint density at radius 3 is 2.57 bits per heavy atom. The van der Waals surface area contributed by atoms with Crippen LogP contribution in [0.15, 0.2) is 42.5 Å². The van der Waals surface area contributed by atoms with Crippen LogP contribution in [-0.4, -0.2) is 12.5 Å². The Labute approximate surface area is 180 Å². The van der Waals surface area contributed by atoms with E-state index in [1.54, 1.807) is 12.1 Å². The second-order valence-corrected chi connectivity index (χ2v) is 10.3. The molecule has 2 aromatic rings. The first-order valence-electron chi connectivity index (χ1n) is 11.4. The van der Waals surface area contributed by atoms with Crippen LogP contribution in [0.4, 0.5) is 4.39 Å². The fourth-order valence-electron chi connectivity index (χ4n) is 6.20. The predicted molar refractivity (Wildman–Crippen MR) is 120 cm³/mol. The number of carbonyl (C=O) groups excluding carboxylic acids is 1. The fraction of sp³-hybridized carbons (Fsp3) is 0.519. The molecule has 160 valence electrons. The third-order valence-electron chi connectivity index (χ3n) is 7.93. The molecule has 2 aliphatic carbocycles. The maximum Gasteiger partial charge on any atom is 0.251 e. The molecule has 1 fully saturated rings. The van der Waals surface area contributed by atoms with Gasteiger partial charge in [0.25, 0.3) is 5.91 Å². The number of hydrogen-bond donors (Lipinski definition) is 1. The van der Waals surface area contributed by atoms with Gasteiger partial charge in [-0.15, -0.1) is 0 Å². The third-order valence-corrected chi connectivity index (χ3v) is 7.93. The number of hydrogen-bond acceptors (Lipinski definition) is 1. The molecule has 1 saturated carbocycles. The van der Waals surface area contributed by atoms with Crippen molar-refractivity contribution in [2.45, 2.75) is 71.1 Å². The third kappa shape index (κ3) is 3.68. The van der Waals surface area contributed by atoms with Gasteiger partial charge in [0.1, 0.15) is 5.82 Å². The lowest BCUT2D eigenvalue weighted by Gasteiger charge is -2.55. The summed E-state index contributed by atoms with van der Waals surface area (Å²) in [5.74, 6) is 0.674. The van der Waals surface area contributed by atoms with Crippen LogP contribution in [0.2, 0.25) is 0 Å². The minimum absolute atomic E-state index is 0.0666. The predicted octanol–water partition coefficient (Wildman–Crippen LogP) is 6.39. The van der Waals surface area contributed by atoms with Gasteiger partial charge >= 0.3 is 0 Å². The van der Waals surface area contributed by atoms with Crippen molar-refractivity contribution in [3.8, 4) is 0 Å². The highest BCUT2D eigenvalue weighted by molar-refractivity contribution is 5.94.